The van der Waals surface area contributed by atoms with Crippen LogP contribution in [0.1, 0.15) is 41.1 Å². The Bertz CT molecular complexity index is 839. The number of fused-ring (bicyclic) bond motifs is 1. The van der Waals surface area contributed by atoms with Crippen LogP contribution in [0.2, 0.25) is 0 Å². The van der Waals surface area contributed by atoms with Gasteiger partial charge in [-0.3, -0.25) is 4.79 Å². The number of aromatic nitrogens is 2. The van der Waals surface area contributed by atoms with E-state index in [1.54, 1.807) is 24.3 Å². The van der Waals surface area contributed by atoms with Gasteiger partial charge in [-0.15, -0.1) is 0 Å². The first-order valence-electron chi connectivity index (χ1n) is 7.59. The average molecular weight is 311 g/mol. The molecule has 0 radical (unpaired) electrons. The highest BCUT2D eigenvalue weighted by molar-refractivity contribution is 5.97. The number of hydrogen-bond acceptors (Lipinski definition) is 2. The van der Waals surface area contributed by atoms with Crippen LogP contribution in [0, 0.1) is 12.7 Å². The molecule has 0 aliphatic rings. The van der Waals surface area contributed by atoms with Crippen LogP contribution in [0.5, 0.6) is 0 Å². The molecule has 0 bridgehead atoms. The third-order valence-electron chi connectivity index (χ3n) is 3.85. The normalized spacial score (nSPS) is 12.3. The van der Waals surface area contributed by atoms with E-state index in [2.05, 4.69) is 15.3 Å². The molecule has 5 heteroatoms. The molecule has 118 valence electrons. The number of nitrogens with zero attached hydrogens (tertiary/aromatic N) is 1. The van der Waals surface area contributed by atoms with Gasteiger partial charge in [0.25, 0.3) is 5.91 Å². The predicted octanol–water partition coefficient (Wildman–Crippen LogP) is 3.89. The number of aromatic amines is 1. The number of H-pyrrole nitrogens is 1. The third kappa shape index (κ3) is 3.23. The van der Waals surface area contributed by atoms with Crippen LogP contribution >= 0.6 is 0 Å². The summed E-state index contributed by atoms with van der Waals surface area (Å²) in [6, 6.07) is 11.4. The topological polar surface area (TPSA) is 57.8 Å². The lowest BCUT2D eigenvalue weighted by Gasteiger charge is -2.17. The molecule has 0 aliphatic heterocycles. The first-order chi connectivity index (χ1) is 11.1. The third-order valence-corrected chi connectivity index (χ3v) is 3.85. The second-order valence-corrected chi connectivity index (χ2v) is 5.54. The second-order valence-electron chi connectivity index (χ2n) is 5.54. The Balaban J connectivity index is 1.81. The predicted molar refractivity (Wildman–Crippen MR) is 87.7 cm³/mol. The van der Waals surface area contributed by atoms with Crippen molar-refractivity contribution in [1.29, 1.82) is 0 Å². The van der Waals surface area contributed by atoms with Crippen LogP contribution < -0.4 is 5.32 Å². The molecule has 1 atom stereocenters. The van der Waals surface area contributed by atoms with Gasteiger partial charge in [0.05, 0.1) is 17.1 Å². The molecule has 0 aliphatic carbocycles. The minimum Gasteiger partial charge on any atom is -0.345 e. The van der Waals surface area contributed by atoms with Gasteiger partial charge in [-0.1, -0.05) is 19.1 Å². The highest BCUT2D eigenvalue weighted by atomic mass is 19.1. The van der Waals surface area contributed by atoms with Crippen molar-refractivity contribution in [3.05, 3.63) is 65.2 Å². The number of benzene rings is 2. The Labute approximate surface area is 133 Å². The number of carbonyl (C=O) groups excluding carboxylic acids is 1. The lowest BCUT2D eigenvalue weighted by atomic mass is 10.0. The second kappa shape index (κ2) is 6.20. The number of halogens is 1. The van der Waals surface area contributed by atoms with E-state index in [4.69, 9.17) is 0 Å². The van der Waals surface area contributed by atoms with Crippen LogP contribution in [0.3, 0.4) is 0 Å². The van der Waals surface area contributed by atoms with Crippen molar-refractivity contribution in [3.8, 4) is 0 Å². The van der Waals surface area contributed by atoms with Crippen LogP contribution in [0.15, 0.2) is 42.5 Å². The van der Waals surface area contributed by atoms with E-state index >= 15 is 0 Å². The van der Waals surface area contributed by atoms with Crippen LogP contribution in [-0.4, -0.2) is 15.9 Å². The largest absolute Gasteiger partial charge is 0.345 e. The van der Waals surface area contributed by atoms with Crippen LogP contribution in [0.25, 0.3) is 11.0 Å². The fourth-order valence-corrected chi connectivity index (χ4v) is 2.64. The summed E-state index contributed by atoms with van der Waals surface area (Å²) >= 11 is 0. The molecule has 1 amide bonds. The zero-order valence-electron chi connectivity index (χ0n) is 13.1. The molecule has 2 aromatic carbocycles. The first kappa shape index (κ1) is 15.2. The molecule has 0 unspecified atom stereocenters. The van der Waals surface area contributed by atoms with Crippen molar-refractivity contribution in [1.82, 2.24) is 15.3 Å². The molecule has 3 rings (SSSR count). The molecule has 1 aromatic heterocycles. The molecule has 0 fully saturated rings. The van der Waals surface area contributed by atoms with Gasteiger partial charge in [0.2, 0.25) is 0 Å². The van der Waals surface area contributed by atoms with Crippen molar-refractivity contribution < 1.29 is 9.18 Å². The summed E-state index contributed by atoms with van der Waals surface area (Å²) in [7, 11) is 0. The summed E-state index contributed by atoms with van der Waals surface area (Å²) in [5.74, 6) is 0.376. The molecular formula is C18H18FN3O. The fourth-order valence-electron chi connectivity index (χ4n) is 2.64. The SMILES string of the molecule is CC[C@H](NC(=O)c1ccc2nc(C)[nH]c2c1)c1ccc(F)cc1. The monoisotopic (exact) mass is 311 g/mol. The summed E-state index contributed by atoms with van der Waals surface area (Å²) in [4.78, 5) is 19.9. The van der Waals surface area contributed by atoms with Gasteiger partial charge < -0.3 is 10.3 Å². The maximum atomic E-state index is 13.0. The van der Waals surface area contributed by atoms with E-state index in [9.17, 15) is 9.18 Å². The summed E-state index contributed by atoms with van der Waals surface area (Å²) < 4.78 is 13.0. The zero-order chi connectivity index (χ0) is 16.4. The Kier molecular flexibility index (Phi) is 4.10. The van der Waals surface area contributed by atoms with Gasteiger partial charge >= 0.3 is 0 Å². The molecule has 23 heavy (non-hydrogen) atoms. The average Bonchev–Trinajstić information content (AvgIpc) is 2.92. The number of carbonyl (C=O) groups is 1. The van der Waals surface area contributed by atoms with E-state index in [0.717, 1.165) is 28.8 Å². The van der Waals surface area contributed by atoms with Gasteiger partial charge in [-0.25, -0.2) is 9.37 Å². The maximum absolute atomic E-state index is 13.0. The van der Waals surface area contributed by atoms with Crippen LogP contribution in [-0.2, 0) is 0 Å². The molecule has 4 nitrogen and oxygen atoms in total. The van der Waals surface area contributed by atoms with Crippen molar-refractivity contribution in [3.63, 3.8) is 0 Å². The maximum Gasteiger partial charge on any atom is 0.251 e. The van der Waals surface area contributed by atoms with Gasteiger partial charge in [0, 0.05) is 5.56 Å². The number of rotatable bonds is 4. The van der Waals surface area contributed by atoms with E-state index in [0.29, 0.717) is 5.56 Å². The molecule has 2 N–H and O–H groups in total. The number of nitrogens with one attached hydrogen (secondary N) is 2. The van der Waals surface area contributed by atoms with Gasteiger partial charge in [-0.2, -0.15) is 0 Å². The number of imidazole rings is 1. The van der Waals surface area contributed by atoms with Crippen molar-refractivity contribution in [2.24, 2.45) is 0 Å². The molecule has 3 aromatic rings. The van der Waals surface area contributed by atoms with Crippen molar-refractivity contribution in [2.75, 3.05) is 0 Å². The van der Waals surface area contributed by atoms with Crippen molar-refractivity contribution in [2.45, 2.75) is 26.3 Å². The van der Waals surface area contributed by atoms with E-state index in [-0.39, 0.29) is 17.8 Å². The highest BCUT2D eigenvalue weighted by Gasteiger charge is 2.15. The smallest absolute Gasteiger partial charge is 0.251 e. The lowest BCUT2D eigenvalue weighted by molar-refractivity contribution is 0.0935. The number of amides is 1. The minimum absolute atomic E-state index is 0.151. The molecule has 0 spiro atoms. The summed E-state index contributed by atoms with van der Waals surface area (Å²) in [6.07, 6.45) is 0.725. The minimum atomic E-state index is -0.282. The Hall–Kier alpha value is -2.69. The fraction of sp³-hybridized carbons (Fsp3) is 0.222. The molecule has 0 saturated heterocycles. The van der Waals surface area contributed by atoms with E-state index in [1.807, 2.05) is 19.9 Å². The van der Waals surface area contributed by atoms with Gasteiger partial charge in [0.15, 0.2) is 0 Å². The van der Waals surface area contributed by atoms with Crippen molar-refractivity contribution >= 4 is 16.9 Å². The molecule has 0 saturated carbocycles. The standard InChI is InChI=1S/C18H18FN3O/c1-3-15(12-4-7-14(19)8-5-12)22-18(23)13-6-9-16-17(10-13)21-11(2)20-16/h4-10,15H,3H2,1-2H3,(H,20,21)(H,22,23)/t15-/m0/s1. The number of hydrogen-bond donors (Lipinski definition) is 2. The molecular weight excluding hydrogens is 293 g/mol. The Morgan fingerprint density at radius 1 is 1.26 bits per heavy atom. The molecule has 1 heterocycles. The summed E-state index contributed by atoms with van der Waals surface area (Å²) in [6.45, 7) is 3.86. The summed E-state index contributed by atoms with van der Waals surface area (Å²) in [5.41, 5.74) is 3.14. The lowest BCUT2D eigenvalue weighted by Crippen LogP contribution is -2.28. The van der Waals surface area contributed by atoms with E-state index in [1.165, 1.54) is 12.1 Å². The van der Waals surface area contributed by atoms with Gasteiger partial charge in [-0.05, 0) is 49.2 Å². The Morgan fingerprint density at radius 2 is 2.00 bits per heavy atom. The first-order valence-corrected chi connectivity index (χ1v) is 7.59. The zero-order valence-corrected chi connectivity index (χ0v) is 13.1. The Morgan fingerprint density at radius 3 is 2.70 bits per heavy atom. The number of aryl methyl sites for hydroxylation is 1. The van der Waals surface area contributed by atoms with Gasteiger partial charge in [0.1, 0.15) is 11.6 Å². The van der Waals surface area contributed by atoms with Crippen LogP contribution in [0.4, 0.5) is 4.39 Å². The quantitative estimate of drug-likeness (QED) is 0.768. The highest BCUT2D eigenvalue weighted by Crippen LogP contribution is 2.19. The van der Waals surface area contributed by atoms with E-state index < -0.39 is 0 Å². The summed E-state index contributed by atoms with van der Waals surface area (Å²) in [5, 5.41) is 2.99.